The number of aryl methyl sites for hydroxylation is 1. The quantitative estimate of drug-likeness (QED) is 0.462. The molecule has 0 aliphatic carbocycles. The maximum Gasteiger partial charge on any atom is 0.243 e. The molecule has 0 aliphatic heterocycles. The van der Waals surface area contributed by atoms with Crippen molar-refractivity contribution in [2.24, 2.45) is 0 Å². The lowest BCUT2D eigenvalue weighted by atomic mass is 10.1. The number of anilines is 1. The maximum atomic E-state index is 13.5. The zero-order valence-corrected chi connectivity index (χ0v) is 19.7. The molecule has 3 rings (SSSR count). The van der Waals surface area contributed by atoms with Crippen LogP contribution in [0.25, 0.3) is 11.3 Å². The molecule has 0 unspecified atom stereocenters. The van der Waals surface area contributed by atoms with Crippen molar-refractivity contribution >= 4 is 15.9 Å². The second-order valence-electron chi connectivity index (χ2n) is 8.04. The van der Waals surface area contributed by atoms with E-state index in [4.69, 9.17) is 4.52 Å². The molecule has 0 N–H and O–H groups in total. The highest BCUT2D eigenvalue weighted by Gasteiger charge is 2.29. The van der Waals surface area contributed by atoms with Crippen LogP contribution >= 0.6 is 0 Å². The Morgan fingerprint density at radius 2 is 1.68 bits per heavy atom. The van der Waals surface area contributed by atoms with Gasteiger partial charge < -0.3 is 9.42 Å². The molecule has 0 spiro atoms. The summed E-state index contributed by atoms with van der Waals surface area (Å²) in [6.45, 7) is 8.62. The summed E-state index contributed by atoms with van der Waals surface area (Å²) in [5.41, 5.74) is 3.36. The van der Waals surface area contributed by atoms with Gasteiger partial charge in [-0.25, -0.2) is 8.42 Å². The molecule has 0 saturated heterocycles. The number of sulfonamides is 1. The van der Waals surface area contributed by atoms with Gasteiger partial charge in [0.05, 0.1) is 10.5 Å². The summed E-state index contributed by atoms with van der Waals surface area (Å²) in [5.74, 6) is 0.592. The van der Waals surface area contributed by atoms with Crippen LogP contribution in [-0.4, -0.2) is 37.5 Å². The molecular formula is C24H31N3O3S. The van der Waals surface area contributed by atoms with Crippen molar-refractivity contribution in [1.82, 2.24) is 9.46 Å². The third kappa shape index (κ3) is 4.99. The first-order valence-electron chi connectivity index (χ1n) is 10.6. The molecule has 6 nitrogen and oxygen atoms in total. The van der Waals surface area contributed by atoms with Crippen LogP contribution in [0.4, 0.5) is 5.88 Å². The molecule has 0 radical (unpaired) electrons. The summed E-state index contributed by atoms with van der Waals surface area (Å²) >= 11 is 0. The summed E-state index contributed by atoms with van der Waals surface area (Å²) in [5, 5.41) is 4.33. The molecule has 1 aromatic heterocycles. The molecule has 0 atom stereocenters. The van der Waals surface area contributed by atoms with Crippen molar-refractivity contribution in [3.8, 4) is 11.3 Å². The molecule has 0 amide bonds. The smallest absolute Gasteiger partial charge is 0.243 e. The normalized spacial score (nSPS) is 12.0. The molecule has 166 valence electrons. The van der Waals surface area contributed by atoms with Gasteiger partial charge in [-0.15, -0.1) is 0 Å². The molecule has 0 saturated carbocycles. The van der Waals surface area contributed by atoms with Gasteiger partial charge in [-0.3, -0.25) is 0 Å². The van der Waals surface area contributed by atoms with E-state index in [1.165, 1.54) is 4.31 Å². The van der Waals surface area contributed by atoms with Gasteiger partial charge in [-0.2, -0.15) is 4.31 Å². The first-order chi connectivity index (χ1) is 14.8. The van der Waals surface area contributed by atoms with Gasteiger partial charge in [-0.05, 0) is 39.3 Å². The van der Waals surface area contributed by atoms with Crippen LogP contribution < -0.4 is 4.90 Å². The van der Waals surface area contributed by atoms with E-state index in [-0.39, 0.29) is 12.6 Å². The Labute approximate surface area is 185 Å². The Kier molecular flexibility index (Phi) is 7.18. The van der Waals surface area contributed by atoms with Gasteiger partial charge >= 0.3 is 0 Å². The van der Waals surface area contributed by atoms with Gasteiger partial charge in [0.15, 0.2) is 0 Å². The van der Waals surface area contributed by atoms with E-state index in [2.05, 4.69) is 19.0 Å². The summed E-state index contributed by atoms with van der Waals surface area (Å²) in [4.78, 5) is 2.28. The Hall–Kier alpha value is -2.64. The number of rotatable bonds is 9. The van der Waals surface area contributed by atoms with Crippen molar-refractivity contribution in [3.63, 3.8) is 0 Å². The van der Waals surface area contributed by atoms with Gasteiger partial charge in [0.2, 0.25) is 15.9 Å². The highest BCUT2D eigenvalue weighted by atomic mass is 32.2. The standard InChI is InChI=1S/C24H31N3O3S/c1-6-16-27(31(28,29)21-14-12-19(4)13-15-21)17-22-23(20-10-8-7-9-11-20)25-30-24(22)26(5)18(2)3/h7-15,18H,6,16-17H2,1-5H3. The van der Waals surface area contributed by atoms with E-state index in [0.29, 0.717) is 29.4 Å². The van der Waals surface area contributed by atoms with Crippen molar-refractivity contribution in [2.75, 3.05) is 18.5 Å². The third-order valence-electron chi connectivity index (χ3n) is 5.38. The largest absolute Gasteiger partial charge is 0.341 e. The average Bonchev–Trinajstić information content (AvgIpc) is 3.17. The lowest BCUT2D eigenvalue weighted by molar-refractivity contribution is 0.396. The predicted molar refractivity (Wildman–Crippen MR) is 125 cm³/mol. The van der Waals surface area contributed by atoms with Crippen LogP contribution in [0, 0.1) is 6.92 Å². The van der Waals surface area contributed by atoms with Crippen LogP contribution in [0.5, 0.6) is 0 Å². The fraction of sp³-hybridized carbons (Fsp3) is 0.375. The Balaban J connectivity index is 2.08. The molecule has 7 heteroatoms. The van der Waals surface area contributed by atoms with Crippen LogP contribution in [0.2, 0.25) is 0 Å². The minimum absolute atomic E-state index is 0.170. The third-order valence-corrected chi connectivity index (χ3v) is 7.24. The summed E-state index contributed by atoms with van der Waals surface area (Å²) in [6, 6.07) is 16.9. The molecule has 1 heterocycles. The van der Waals surface area contributed by atoms with E-state index in [0.717, 1.165) is 16.7 Å². The van der Waals surface area contributed by atoms with Gasteiger partial charge in [0.25, 0.3) is 0 Å². The molecule has 31 heavy (non-hydrogen) atoms. The van der Waals surface area contributed by atoms with Gasteiger partial charge in [-0.1, -0.05) is 60.1 Å². The molecule has 0 aliphatic rings. The Morgan fingerprint density at radius 1 is 1.03 bits per heavy atom. The fourth-order valence-electron chi connectivity index (χ4n) is 3.35. The second kappa shape index (κ2) is 9.66. The molecule has 3 aromatic rings. The zero-order valence-electron chi connectivity index (χ0n) is 18.9. The zero-order chi connectivity index (χ0) is 22.6. The van der Waals surface area contributed by atoms with Crippen molar-refractivity contribution in [1.29, 1.82) is 0 Å². The highest BCUT2D eigenvalue weighted by molar-refractivity contribution is 7.89. The second-order valence-corrected chi connectivity index (χ2v) is 9.98. The lowest BCUT2D eigenvalue weighted by Crippen LogP contribution is -2.33. The number of benzene rings is 2. The Bertz CT molecular complexity index is 1090. The molecule has 0 bridgehead atoms. The molecular weight excluding hydrogens is 410 g/mol. The first kappa shape index (κ1) is 23.0. The molecule has 0 fully saturated rings. The highest BCUT2D eigenvalue weighted by Crippen LogP contribution is 2.34. The lowest BCUT2D eigenvalue weighted by Gasteiger charge is -2.25. The number of aromatic nitrogens is 1. The molecule has 2 aromatic carbocycles. The van der Waals surface area contributed by atoms with Gasteiger partial charge in [0.1, 0.15) is 5.69 Å². The maximum absolute atomic E-state index is 13.5. The van der Waals surface area contributed by atoms with Crippen LogP contribution in [0.3, 0.4) is 0 Å². The van der Waals surface area contributed by atoms with E-state index in [1.807, 2.05) is 68.3 Å². The summed E-state index contributed by atoms with van der Waals surface area (Å²) < 4.78 is 34.2. The topological polar surface area (TPSA) is 66.7 Å². The number of hydrogen-bond acceptors (Lipinski definition) is 5. The van der Waals surface area contributed by atoms with Crippen molar-refractivity contribution in [3.05, 3.63) is 65.7 Å². The van der Waals surface area contributed by atoms with E-state index in [1.54, 1.807) is 12.1 Å². The van der Waals surface area contributed by atoms with Crippen molar-refractivity contribution < 1.29 is 12.9 Å². The van der Waals surface area contributed by atoms with Gasteiger partial charge in [0, 0.05) is 31.7 Å². The van der Waals surface area contributed by atoms with Crippen LogP contribution in [0.1, 0.15) is 38.3 Å². The predicted octanol–water partition coefficient (Wildman–Crippen LogP) is 5.10. The number of nitrogens with zero attached hydrogens (tertiary/aromatic N) is 3. The summed E-state index contributed by atoms with van der Waals surface area (Å²) in [7, 11) is -1.74. The SMILES string of the molecule is CCCN(Cc1c(-c2ccccc2)noc1N(C)C(C)C)S(=O)(=O)c1ccc(C)cc1. The number of hydrogen-bond donors (Lipinski definition) is 0. The minimum atomic E-state index is -3.67. The van der Waals surface area contributed by atoms with E-state index in [9.17, 15) is 8.42 Å². The minimum Gasteiger partial charge on any atom is -0.341 e. The first-order valence-corrected chi connectivity index (χ1v) is 12.0. The van der Waals surface area contributed by atoms with E-state index >= 15 is 0 Å². The fourth-order valence-corrected chi connectivity index (χ4v) is 4.85. The monoisotopic (exact) mass is 441 g/mol. The average molecular weight is 442 g/mol. The van der Waals surface area contributed by atoms with Crippen LogP contribution in [-0.2, 0) is 16.6 Å². The Morgan fingerprint density at radius 3 is 2.26 bits per heavy atom. The van der Waals surface area contributed by atoms with Crippen molar-refractivity contribution in [2.45, 2.75) is 51.6 Å². The van der Waals surface area contributed by atoms with Crippen LogP contribution in [0.15, 0.2) is 64.0 Å². The van der Waals surface area contributed by atoms with E-state index < -0.39 is 10.0 Å². The summed E-state index contributed by atoms with van der Waals surface area (Å²) in [6.07, 6.45) is 0.701.